The van der Waals surface area contributed by atoms with Crippen molar-refractivity contribution in [2.75, 3.05) is 46.8 Å². The number of carbonyl (C=O) groups is 1. The number of likely N-dealkylation sites (tertiary alicyclic amines) is 2. The van der Waals surface area contributed by atoms with E-state index in [4.69, 9.17) is 5.73 Å². The van der Waals surface area contributed by atoms with Crippen LogP contribution in [0.25, 0.3) is 0 Å². The molecule has 5 nitrogen and oxygen atoms in total. The predicted octanol–water partition coefficient (Wildman–Crippen LogP) is 0.742. The number of hydrogen-bond donors (Lipinski definition) is 1. The zero-order valence-corrected chi connectivity index (χ0v) is 13.8. The first-order valence-electron chi connectivity index (χ1n) is 8.50. The second-order valence-corrected chi connectivity index (χ2v) is 6.75. The molecular formula is C16H32N4O. The van der Waals surface area contributed by atoms with Gasteiger partial charge in [-0.25, -0.2) is 0 Å². The molecule has 2 aliphatic rings. The number of hydrogen-bond acceptors (Lipinski definition) is 4. The molecule has 2 aliphatic heterocycles. The fourth-order valence-electron chi connectivity index (χ4n) is 3.65. The van der Waals surface area contributed by atoms with Crippen LogP contribution >= 0.6 is 0 Å². The van der Waals surface area contributed by atoms with E-state index in [9.17, 15) is 4.79 Å². The van der Waals surface area contributed by atoms with Crippen LogP contribution < -0.4 is 5.73 Å². The summed E-state index contributed by atoms with van der Waals surface area (Å²) in [5, 5.41) is 0. The number of rotatable bonds is 5. The normalized spacial score (nSPS) is 24.0. The van der Waals surface area contributed by atoms with Crippen molar-refractivity contribution in [3.05, 3.63) is 0 Å². The maximum atomic E-state index is 11.9. The summed E-state index contributed by atoms with van der Waals surface area (Å²) in [6.45, 7) is 5.32. The van der Waals surface area contributed by atoms with Gasteiger partial charge in [-0.2, -0.15) is 0 Å². The Hall–Kier alpha value is -0.650. The first kappa shape index (κ1) is 16.7. The average Bonchev–Trinajstić information content (AvgIpc) is 2.53. The van der Waals surface area contributed by atoms with Crippen molar-refractivity contribution < 1.29 is 4.79 Å². The average molecular weight is 296 g/mol. The topological polar surface area (TPSA) is 52.8 Å². The van der Waals surface area contributed by atoms with Crippen LogP contribution in [0.1, 0.15) is 38.5 Å². The summed E-state index contributed by atoms with van der Waals surface area (Å²) >= 11 is 0. The highest BCUT2D eigenvalue weighted by Crippen LogP contribution is 2.22. The Bertz CT molecular complexity index is 320. The van der Waals surface area contributed by atoms with Crippen LogP contribution in [0, 0.1) is 0 Å². The third-order valence-corrected chi connectivity index (χ3v) is 5.10. The Labute approximate surface area is 129 Å². The number of nitrogens with two attached hydrogens (primary N) is 1. The van der Waals surface area contributed by atoms with Gasteiger partial charge in [-0.15, -0.1) is 0 Å². The van der Waals surface area contributed by atoms with Crippen molar-refractivity contribution in [1.82, 2.24) is 14.7 Å². The van der Waals surface area contributed by atoms with Gasteiger partial charge in [0.25, 0.3) is 0 Å². The maximum absolute atomic E-state index is 11.9. The molecule has 1 unspecified atom stereocenters. The molecule has 2 N–H and O–H groups in total. The fraction of sp³-hybridized carbons (Fsp3) is 0.938. The third kappa shape index (κ3) is 4.66. The van der Waals surface area contributed by atoms with E-state index in [1.54, 1.807) is 4.90 Å². The molecular weight excluding hydrogens is 264 g/mol. The lowest BCUT2D eigenvalue weighted by molar-refractivity contribution is -0.130. The van der Waals surface area contributed by atoms with Crippen LogP contribution in [0.5, 0.6) is 0 Å². The van der Waals surface area contributed by atoms with Crippen molar-refractivity contribution in [2.45, 2.75) is 50.6 Å². The van der Waals surface area contributed by atoms with Crippen LogP contribution in [0.4, 0.5) is 0 Å². The van der Waals surface area contributed by atoms with E-state index >= 15 is 0 Å². The molecule has 0 bridgehead atoms. The molecule has 0 spiro atoms. The van der Waals surface area contributed by atoms with Gasteiger partial charge in [-0.1, -0.05) is 6.42 Å². The Morgan fingerprint density at radius 1 is 1.14 bits per heavy atom. The molecule has 2 saturated heterocycles. The molecule has 0 saturated carbocycles. The lowest BCUT2D eigenvalue weighted by Gasteiger charge is -2.42. The standard InChI is InChI=1S/C16H32N4O/c1-18(2)16(21)12-15(13-17)20-10-6-14(7-11-20)19-8-4-3-5-9-19/h14-15H,3-13,17H2,1-2H3. The number of carbonyl (C=O) groups excluding carboxylic acids is 1. The Balaban J connectivity index is 1.79. The summed E-state index contributed by atoms with van der Waals surface area (Å²) in [5.41, 5.74) is 5.91. The van der Waals surface area contributed by atoms with Gasteiger partial charge in [0.2, 0.25) is 5.91 Å². The SMILES string of the molecule is CN(C)C(=O)CC(CN)N1CCC(N2CCCCC2)CC1. The minimum Gasteiger partial charge on any atom is -0.349 e. The number of nitrogens with zero attached hydrogens (tertiary/aromatic N) is 3. The molecule has 1 amide bonds. The summed E-state index contributed by atoms with van der Waals surface area (Å²) in [5.74, 6) is 0.184. The second-order valence-electron chi connectivity index (χ2n) is 6.75. The zero-order valence-electron chi connectivity index (χ0n) is 13.8. The minimum atomic E-state index is 0.184. The maximum Gasteiger partial charge on any atom is 0.223 e. The second kappa shape index (κ2) is 8.11. The van der Waals surface area contributed by atoms with E-state index in [2.05, 4.69) is 9.80 Å². The van der Waals surface area contributed by atoms with Crippen LogP contribution in [-0.4, -0.2) is 79.5 Å². The van der Waals surface area contributed by atoms with Gasteiger partial charge in [-0.05, 0) is 51.9 Å². The molecule has 2 rings (SSSR count). The molecule has 2 heterocycles. The van der Waals surface area contributed by atoms with Gasteiger partial charge in [-0.3, -0.25) is 9.69 Å². The Morgan fingerprint density at radius 2 is 1.76 bits per heavy atom. The molecule has 5 heteroatoms. The van der Waals surface area contributed by atoms with Crippen molar-refractivity contribution in [3.63, 3.8) is 0 Å². The summed E-state index contributed by atoms with van der Waals surface area (Å²) in [6, 6.07) is 0.965. The lowest BCUT2D eigenvalue weighted by Crippen LogP contribution is -2.51. The summed E-state index contributed by atoms with van der Waals surface area (Å²) in [6.07, 6.45) is 7.14. The van der Waals surface area contributed by atoms with E-state index in [1.165, 1.54) is 45.2 Å². The van der Waals surface area contributed by atoms with Gasteiger partial charge in [0.05, 0.1) is 0 Å². The largest absolute Gasteiger partial charge is 0.349 e. The number of piperidine rings is 2. The molecule has 1 atom stereocenters. The summed E-state index contributed by atoms with van der Waals surface area (Å²) in [4.78, 5) is 18.7. The third-order valence-electron chi connectivity index (χ3n) is 5.10. The van der Waals surface area contributed by atoms with Crippen LogP contribution in [0.15, 0.2) is 0 Å². The predicted molar refractivity (Wildman–Crippen MR) is 86.2 cm³/mol. The summed E-state index contributed by atoms with van der Waals surface area (Å²) < 4.78 is 0. The van der Waals surface area contributed by atoms with Crippen LogP contribution in [-0.2, 0) is 4.79 Å². The van der Waals surface area contributed by atoms with E-state index in [-0.39, 0.29) is 11.9 Å². The van der Waals surface area contributed by atoms with E-state index in [0.717, 1.165) is 19.1 Å². The van der Waals surface area contributed by atoms with Crippen molar-refractivity contribution in [1.29, 1.82) is 0 Å². The van der Waals surface area contributed by atoms with Crippen molar-refractivity contribution in [3.8, 4) is 0 Å². The van der Waals surface area contributed by atoms with Gasteiger partial charge >= 0.3 is 0 Å². The highest BCUT2D eigenvalue weighted by molar-refractivity contribution is 5.76. The van der Waals surface area contributed by atoms with E-state index < -0.39 is 0 Å². The van der Waals surface area contributed by atoms with Gasteiger partial charge in [0, 0.05) is 39.1 Å². The number of amides is 1. The molecule has 0 aromatic rings. The van der Waals surface area contributed by atoms with Crippen LogP contribution in [0.2, 0.25) is 0 Å². The molecule has 0 aliphatic carbocycles. The zero-order chi connectivity index (χ0) is 15.2. The highest BCUT2D eigenvalue weighted by Gasteiger charge is 2.29. The van der Waals surface area contributed by atoms with E-state index in [1.807, 2.05) is 14.1 Å². The Kier molecular flexibility index (Phi) is 6.45. The first-order chi connectivity index (χ1) is 10.1. The molecule has 0 radical (unpaired) electrons. The molecule has 0 aromatic carbocycles. The fourth-order valence-corrected chi connectivity index (χ4v) is 3.65. The van der Waals surface area contributed by atoms with Crippen molar-refractivity contribution >= 4 is 5.91 Å². The van der Waals surface area contributed by atoms with Crippen LogP contribution in [0.3, 0.4) is 0 Å². The molecule has 21 heavy (non-hydrogen) atoms. The molecule has 122 valence electrons. The monoisotopic (exact) mass is 296 g/mol. The Morgan fingerprint density at radius 3 is 2.29 bits per heavy atom. The first-order valence-corrected chi connectivity index (χ1v) is 8.50. The van der Waals surface area contributed by atoms with Gasteiger partial charge in [0.15, 0.2) is 0 Å². The quantitative estimate of drug-likeness (QED) is 0.813. The van der Waals surface area contributed by atoms with E-state index in [0.29, 0.717) is 13.0 Å². The van der Waals surface area contributed by atoms with Gasteiger partial charge < -0.3 is 15.5 Å². The highest BCUT2D eigenvalue weighted by atomic mass is 16.2. The van der Waals surface area contributed by atoms with Crippen molar-refractivity contribution in [2.24, 2.45) is 5.73 Å². The molecule has 0 aromatic heterocycles. The summed E-state index contributed by atoms with van der Waals surface area (Å²) in [7, 11) is 3.64. The van der Waals surface area contributed by atoms with Gasteiger partial charge in [0.1, 0.15) is 0 Å². The lowest BCUT2D eigenvalue weighted by atomic mass is 9.98. The molecule has 2 fully saturated rings. The smallest absolute Gasteiger partial charge is 0.223 e. The minimum absolute atomic E-state index is 0.184.